The molecule has 8 heteroatoms. The number of hydrogen-bond donors (Lipinski definition) is 4. The zero-order chi connectivity index (χ0) is 21.7. The molecule has 2 amide bonds. The van der Waals surface area contributed by atoms with Crippen LogP contribution in [-0.2, 0) is 9.59 Å². The standard InChI is InChI=1S/C22H26F2N4O2/c1-15-5-3-8-19(16(15)2)25-20(29)13-27-9-11-28(12-10-27)14-21(30)26-22-17(23)6-4-7-18(22)24/h3-8H,9-14H2,1-2H3,(H,25,29)(H,26,30)/p+2. The Balaban J connectivity index is 1.44. The van der Waals surface area contributed by atoms with E-state index in [2.05, 4.69) is 10.6 Å². The number of benzene rings is 2. The van der Waals surface area contributed by atoms with Crippen LogP contribution in [0.4, 0.5) is 20.2 Å². The first kappa shape index (κ1) is 21.9. The summed E-state index contributed by atoms with van der Waals surface area (Å²) in [7, 11) is 0. The first-order valence-electron chi connectivity index (χ1n) is 10.1. The molecule has 1 saturated heterocycles. The molecule has 0 spiro atoms. The Morgan fingerprint density at radius 3 is 1.90 bits per heavy atom. The molecule has 6 nitrogen and oxygen atoms in total. The fraction of sp³-hybridized carbons (Fsp3) is 0.364. The lowest BCUT2D eigenvalue weighted by Gasteiger charge is -2.29. The van der Waals surface area contributed by atoms with Gasteiger partial charge in [0.05, 0.1) is 0 Å². The Bertz CT molecular complexity index is 907. The van der Waals surface area contributed by atoms with Crippen molar-refractivity contribution in [3.05, 3.63) is 59.2 Å². The van der Waals surface area contributed by atoms with Gasteiger partial charge in [0.2, 0.25) is 0 Å². The van der Waals surface area contributed by atoms with Crippen molar-refractivity contribution in [1.29, 1.82) is 0 Å². The van der Waals surface area contributed by atoms with E-state index in [4.69, 9.17) is 0 Å². The van der Waals surface area contributed by atoms with Gasteiger partial charge in [0.1, 0.15) is 43.5 Å². The minimum Gasteiger partial charge on any atom is -0.321 e. The maximum Gasteiger partial charge on any atom is 0.279 e. The topological polar surface area (TPSA) is 67.1 Å². The predicted molar refractivity (Wildman–Crippen MR) is 111 cm³/mol. The molecule has 1 fully saturated rings. The number of piperazine rings is 1. The van der Waals surface area contributed by atoms with Gasteiger partial charge in [0.25, 0.3) is 11.8 Å². The van der Waals surface area contributed by atoms with Gasteiger partial charge in [0.15, 0.2) is 13.1 Å². The van der Waals surface area contributed by atoms with Gasteiger partial charge >= 0.3 is 0 Å². The second-order valence-corrected chi connectivity index (χ2v) is 7.79. The highest BCUT2D eigenvalue weighted by Gasteiger charge is 2.27. The minimum absolute atomic E-state index is 0.0325. The summed E-state index contributed by atoms with van der Waals surface area (Å²) in [5.41, 5.74) is 2.62. The number of para-hydroxylation sites is 1. The molecule has 0 saturated carbocycles. The molecule has 1 aliphatic rings. The first-order valence-corrected chi connectivity index (χ1v) is 10.1. The highest BCUT2D eigenvalue weighted by atomic mass is 19.1. The van der Waals surface area contributed by atoms with Crippen LogP contribution in [-0.4, -0.2) is 51.1 Å². The van der Waals surface area contributed by atoms with Crippen molar-refractivity contribution in [3.63, 3.8) is 0 Å². The number of anilines is 2. The van der Waals surface area contributed by atoms with E-state index in [1.165, 1.54) is 6.07 Å². The Morgan fingerprint density at radius 1 is 0.833 bits per heavy atom. The van der Waals surface area contributed by atoms with Gasteiger partial charge in [-0.1, -0.05) is 18.2 Å². The fourth-order valence-corrected chi connectivity index (χ4v) is 3.65. The van der Waals surface area contributed by atoms with Crippen molar-refractivity contribution in [1.82, 2.24) is 0 Å². The molecule has 160 valence electrons. The second kappa shape index (κ2) is 9.77. The Kier molecular flexibility index (Phi) is 7.12. The normalized spacial score (nSPS) is 18.7. The molecule has 2 aromatic rings. The summed E-state index contributed by atoms with van der Waals surface area (Å²) in [6.07, 6.45) is 0. The Hall–Kier alpha value is -2.84. The van der Waals surface area contributed by atoms with Crippen molar-refractivity contribution >= 4 is 23.2 Å². The average Bonchev–Trinajstić information content (AvgIpc) is 2.70. The molecule has 30 heavy (non-hydrogen) atoms. The number of nitrogens with one attached hydrogen (secondary N) is 4. The molecule has 0 aromatic heterocycles. The van der Waals surface area contributed by atoms with Gasteiger partial charge in [-0.3, -0.25) is 9.59 Å². The third-order valence-corrected chi connectivity index (χ3v) is 5.59. The zero-order valence-electron chi connectivity index (χ0n) is 17.3. The number of quaternary nitrogens is 2. The van der Waals surface area contributed by atoms with Crippen molar-refractivity contribution in [2.75, 3.05) is 49.9 Å². The van der Waals surface area contributed by atoms with Crippen LogP contribution in [0, 0.1) is 25.5 Å². The molecule has 0 aliphatic carbocycles. The summed E-state index contributed by atoms with van der Waals surface area (Å²) < 4.78 is 27.3. The minimum atomic E-state index is -0.789. The third-order valence-electron chi connectivity index (χ3n) is 5.59. The second-order valence-electron chi connectivity index (χ2n) is 7.79. The monoisotopic (exact) mass is 418 g/mol. The van der Waals surface area contributed by atoms with E-state index in [1.807, 2.05) is 32.0 Å². The summed E-state index contributed by atoms with van der Waals surface area (Å²) in [6, 6.07) is 9.30. The molecule has 4 N–H and O–H groups in total. The molecule has 1 heterocycles. The van der Waals surface area contributed by atoms with E-state index in [-0.39, 0.29) is 12.5 Å². The molecule has 0 radical (unpaired) electrons. The van der Waals surface area contributed by atoms with E-state index in [0.717, 1.165) is 51.8 Å². The number of halogens is 2. The molecule has 2 aromatic carbocycles. The Labute approximate surface area is 174 Å². The number of carbonyl (C=O) groups is 2. The van der Waals surface area contributed by atoms with Crippen LogP contribution in [0.25, 0.3) is 0 Å². The van der Waals surface area contributed by atoms with Crippen molar-refractivity contribution in [2.45, 2.75) is 13.8 Å². The number of rotatable bonds is 6. The molecule has 3 rings (SSSR count). The van der Waals surface area contributed by atoms with Crippen LogP contribution < -0.4 is 20.4 Å². The summed E-state index contributed by atoms with van der Waals surface area (Å²) in [6.45, 7) is 7.41. The predicted octanol–water partition coefficient (Wildman–Crippen LogP) is -0.0578. The van der Waals surface area contributed by atoms with Gasteiger partial charge in [-0.05, 0) is 43.2 Å². The van der Waals surface area contributed by atoms with Gasteiger partial charge in [-0.15, -0.1) is 0 Å². The smallest absolute Gasteiger partial charge is 0.279 e. The summed E-state index contributed by atoms with van der Waals surface area (Å²) in [5, 5.41) is 5.30. The van der Waals surface area contributed by atoms with E-state index < -0.39 is 23.2 Å². The lowest BCUT2D eigenvalue weighted by Crippen LogP contribution is -3.28. The molecule has 0 unspecified atom stereocenters. The van der Waals surface area contributed by atoms with Crippen LogP contribution in [0.5, 0.6) is 0 Å². The highest BCUT2D eigenvalue weighted by Crippen LogP contribution is 2.18. The lowest BCUT2D eigenvalue weighted by atomic mass is 10.1. The number of amides is 2. The Morgan fingerprint density at radius 2 is 1.33 bits per heavy atom. The van der Waals surface area contributed by atoms with Gasteiger partial charge in [-0.25, -0.2) is 8.78 Å². The van der Waals surface area contributed by atoms with Crippen LogP contribution in [0.3, 0.4) is 0 Å². The lowest BCUT2D eigenvalue weighted by molar-refractivity contribution is -1.00. The fourth-order valence-electron chi connectivity index (χ4n) is 3.65. The number of carbonyl (C=O) groups excluding carboxylic acids is 2. The van der Waals surface area contributed by atoms with Crippen LogP contribution >= 0.6 is 0 Å². The SMILES string of the molecule is Cc1cccc(NC(=O)C[NH+]2CC[NH+](CC(=O)Nc3c(F)cccc3F)CC2)c1C. The van der Waals surface area contributed by atoms with Crippen molar-refractivity contribution in [3.8, 4) is 0 Å². The van der Waals surface area contributed by atoms with Crippen LogP contribution in [0.2, 0.25) is 0 Å². The summed E-state index contributed by atoms with van der Waals surface area (Å²) >= 11 is 0. The quantitative estimate of drug-likeness (QED) is 0.531. The van der Waals surface area contributed by atoms with Crippen molar-refractivity contribution in [2.24, 2.45) is 0 Å². The van der Waals surface area contributed by atoms with Crippen LogP contribution in [0.1, 0.15) is 11.1 Å². The molecular formula is C22H28F2N4O2+2. The van der Waals surface area contributed by atoms with E-state index in [1.54, 1.807) is 0 Å². The largest absolute Gasteiger partial charge is 0.321 e. The maximum atomic E-state index is 13.7. The van der Waals surface area contributed by atoms with E-state index in [9.17, 15) is 18.4 Å². The van der Waals surface area contributed by atoms with Crippen molar-refractivity contribution < 1.29 is 28.2 Å². The molecule has 0 bridgehead atoms. The van der Waals surface area contributed by atoms with E-state index in [0.29, 0.717) is 19.6 Å². The zero-order valence-corrected chi connectivity index (χ0v) is 17.3. The first-order chi connectivity index (χ1) is 14.3. The molecule has 0 atom stereocenters. The number of aryl methyl sites for hydroxylation is 1. The maximum absolute atomic E-state index is 13.7. The van der Waals surface area contributed by atoms with Gasteiger partial charge < -0.3 is 20.4 Å². The summed E-state index contributed by atoms with van der Waals surface area (Å²) in [5.74, 6) is -2.04. The highest BCUT2D eigenvalue weighted by molar-refractivity contribution is 5.92. The van der Waals surface area contributed by atoms with Gasteiger partial charge in [0, 0.05) is 5.69 Å². The summed E-state index contributed by atoms with van der Waals surface area (Å²) in [4.78, 5) is 26.8. The number of hydrogen-bond acceptors (Lipinski definition) is 2. The molecule has 1 aliphatic heterocycles. The van der Waals surface area contributed by atoms with Gasteiger partial charge in [-0.2, -0.15) is 0 Å². The molecular weight excluding hydrogens is 390 g/mol. The van der Waals surface area contributed by atoms with Crippen LogP contribution in [0.15, 0.2) is 36.4 Å². The van der Waals surface area contributed by atoms with E-state index >= 15 is 0 Å². The average molecular weight is 418 g/mol. The third kappa shape index (κ3) is 5.61.